The van der Waals surface area contributed by atoms with Crippen LogP contribution in [0.5, 0.6) is 0 Å². The molecule has 0 saturated heterocycles. The number of hydrogen-bond donors (Lipinski definition) is 0. The molecule has 4 nitrogen and oxygen atoms in total. The standard InChI is InChI=1S/C47H30N4/c1-2-13-32(14-3-1)45-46(36-26-27-40-35(29-36)25-24-31-12-4-5-19-39(31)40)49-50-47(48-45)37-17-10-15-33(28-37)34-16-11-18-38(30-34)51-43-22-8-6-20-41(43)42-21-7-9-23-44(42)51/h1-30H. The zero-order chi connectivity index (χ0) is 33.7. The fraction of sp³-hybridized carbons (Fsp3) is 0. The first-order valence-corrected chi connectivity index (χ1v) is 17.2. The van der Waals surface area contributed by atoms with Gasteiger partial charge in [0.2, 0.25) is 0 Å². The van der Waals surface area contributed by atoms with Gasteiger partial charge in [0.05, 0.1) is 11.0 Å². The molecule has 0 spiro atoms. The Balaban J connectivity index is 1.07. The Morgan fingerprint density at radius 3 is 1.75 bits per heavy atom. The lowest BCUT2D eigenvalue weighted by Gasteiger charge is -2.12. The molecule has 2 aromatic heterocycles. The average Bonchev–Trinajstić information content (AvgIpc) is 3.55. The zero-order valence-corrected chi connectivity index (χ0v) is 27.6. The highest BCUT2D eigenvalue weighted by atomic mass is 15.2. The smallest absolute Gasteiger partial charge is 0.182 e. The number of para-hydroxylation sites is 2. The molecule has 238 valence electrons. The van der Waals surface area contributed by atoms with Gasteiger partial charge < -0.3 is 4.57 Å². The molecule has 0 amide bonds. The molecule has 2 heterocycles. The van der Waals surface area contributed by atoms with Crippen molar-refractivity contribution in [2.45, 2.75) is 0 Å². The van der Waals surface area contributed by atoms with Gasteiger partial charge in [-0.1, -0.05) is 146 Å². The highest BCUT2D eigenvalue weighted by molar-refractivity contribution is 6.10. The average molecular weight is 651 g/mol. The van der Waals surface area contributed by atoms with Crippen LogP contribution in [0.2, 0.25) is 0 Å². The van der Waals surface area contributed by atoms with Crippen molar-refractivity contribution in [1.29, 1.82) is 0 Å². The second-order valence-electron chi connectivity index (χ2n) is 12.9. The Bertz CT molecular complexity index is 2870. The van der Waals surface area contributed by atoms with E-state index in [0.717, 1.165) is 50.3 Å². The summed E-state index contributed by atoms with van der Waals surface area (Å²) in [6.07, 6.45) is 0. The summed E-state index contributed by atoms with van der Waals surface area (Å²) < 4.78 is 2.35. The number of fused-ring (bicyclic) bond motifs is 6. The van der Waals surface area contributed by atoms with Gasteiger partial charge in [0, 0.05) is 33.2 Å². The lowest BCUT2D eigenvalue weighted by molar-refractivity contribution is 0.992. The summed E-state index contributed by atoms with van der Waals surface area (Å²) in [4.78, 5) is 5.20. The number of hydrogen-bond acceptors (Lipinski definition) is 3. The summed E-state index contributed by atoms with van der Waals surface area (Å²) in [6, 6.07) is 64.1. The number of rotatable bonds is 5. The van der Waals surface area contributed by atoms with Gasteiger partial charge in [-0.25, -0.2) is 4.98 Å². The third-order valence-electron chi connectivity index (χ3n) is 9.89. The Morgan fingerprint density at radius 2 is 0.941 bits per heavy atom. The van der Waals surface area contributed by atoms with E-state index in [-0.39, 0.29) is 0 Å². The lowest BCUT2D eigenvalue weighted by atomic mass is 9.97. The molecule has 10 aromatic rings. The molecule has 0 saturated carbocycles. The van der Waals surface area contributed by atoms with Crippen LogP contribution in [-0.2, 0) is 0 Å². The van der Waals surface area contributed by atoms with Gasteiger partial charge in [-0.3, -0.25) is 0 Å². The molecule has 0 aliphatic carbocycles. The van der Waals surface area contributed by atoms with Gasteiger partial charge in [-0.15, -0.1) is 10.2 Å². The maximum absolute atomic E-state index is 5.20. The van der Waals surface area contributed by atoms with Crippen LogP contribution in [0.3, 0.4) is 0 Å². The SMILES string of the molecule is c1ccc(-c2nc(-c3cccc(-c4cccc(-n5c6ccccc6c6ccccc65)c4)c3)nnc2-c2ccc3c(ccc4ccccc43)c2)cc1. The van der Waals surface area contributed by atoms with Crippen LogP contribution in [-0.4, -0.2) is 19.7 Å². The molecule has 0 radical (unpaired) electrons. The van der Waals surface area contributed by atoms with Gasteiger partial charge in [0.1, 0.15) is 11.4 Å². The van der Waals surface area contributed by atoms with Gasteiger partial charge >= 0.3 is 0 Å². The molecule has 0 bridgehead atoms. The van der Waals surface area contributed by atoms with E-state index in [9.17, 15) is 0 Å². The molecule has 10 rings (SSSR count). The van der Waals surface area contributed by atoms with Crippen LogP contribution in [0.1, 0.15) is 0 Å². The molecule has 4 heteroatoms. The lowest BCUT2D eigenvalue weighted by Crippen LogP contribution is -2.00. The van der Waals surface area contributed by atoms with E-state index in [0.29, 0.717) is 5.82 Å². The van der Waals surface area contributed by atoms with Crippen molar-refractivity contribution < 1.29 is 0 Å². The Morgan fingerprint density at radius 1 is 0.333 bits per heavy atom. The molecule has 0 unspecified atom stereocenters. The van der Waals surface area contributed by atoms with E-state index in [1.165, 1.54) is 38.0 Å². The van der Waals surface area contributed by atoms with Crippen LogP contribution >= 0.6 is 0 Å². The fourth-order valence-electron chi connectivity index (χ4n) is 7.46. The van der Waals surface area contributed by atoms with Crippen LogP contribution < -0.4 is 0 Å². The minimum absolute atomic E-state index is 0.588. The highest BCUT2D eigenvalue weighted by Crippen LogP contribution is 2.36. The summed E-state index contributed by atoms with van der Waals surface area (Å²) in [6.45, 7) is 0. The van der Waals surface area contributed by atoms with Gasteiger partial charge in [-0.2, -0.15) is 0 Å². The maximum Gasteiger partial charge on any atom is 0.182 e. The fourth-order valence-corrected chi connectivity index (χ4v) is 7.46. The number of nitrogens with zero attached hydrogens (tertiary/aromatic N) is 4. The molecule has 0 fully saturated rings. The topological polar surface area (TPSA) is 43.6 Å². The highest BCUT2D eigenvalue weighted by Gasteiger charge is 2.17. The molecule has 0 aliphatic rings. The summed E-state index contributed by atoms with van der Waals surface area (Å²) in [5.41, 5.74) is 10.2. The van der Waals surface area contributed by atoms with Gasteiger partial charge in [0.25, 0.3) is 0 Å². The predicted molar refractivity (Wildman–Crippen MR) is 211 cm³/mol. The maximum atomic E-state index is 5.20. The van der Waals surface area contributed by atoms with Crippen LogP contribution in [0.4, 0.5) is 0 Å². The summed E-state index contributed by atoms with van der Waals surface area (Å²) in [5, 5.41) is 16.9. The summed E-state index contributed by atoms with van der Waals surface area (Å²) >= 11 is 0. The van der Waals surface area contributed by atoms with Crippen molar-refractivity contribution in [3.05, 3.63) is 182 Å². The normalized spacial score (nSPS) is 11.5. The van der Waals surface area contributed by atoms with Crippen molar-refractivity contribution in [3.63, 3.8) is 0 Å². The third-order valence-corrected chi connectivity index (χ3v) is 9.89. The molecule has 51 heavy (non-hydrogen) atoms. The van der Waals surface area contributed by atoms with Crippen LogP contribution in [0.15, 0.2) is 182 Å². The molecule has 8 aromatic carbocycles. The van der Waals surface area contributed by atoms with E-state index in [2.05, 4.69) is 168 Å². The van der Waals surface area contributed by atoms with E-state index < -0.39 is 0 Å². The van der Waals surface area contributed by atoms with Crippen molar-refractivity contribution >= 4 is 43.4 Å². The van der Waals surface area contributed by atoms with Crippen LogP contribution in [0, 0.1) is 0 Å². The predicted octanol–water partition coefficient (Wildman–Crippen LogP) is 11.9. The van der Waals surface area contributed by atoms with E-state index in [4.69, 9.17) is 15.2 Å². The number of aromatic nitrogens is 4. The number of benzene rings is 8. The van der Waals surface area contributed by atoms with Crippen molar-refractivity contribution in [2.75, 3.05) is 0 Å². The second kappa shape index (κ2) is 11.9. The Kier molecular flexibility index (Phi) is 6.78. The quantitative estimate of drug-likeness (QED) is 0.174. The first kappa shape index (κ1) is 29.0. The Hall–Kier alpha value is -6.91. The molecular formula is C47H30N4. The Labute approximate surface area is 294 Å². The third kappa shape index (κ3) is 4.96. The van der Waals surface area contributed by atoms with Crippen molar-refractivity contribution in [3.8, 4) is 50.7 Å². The molecule has 0 atom stereocenters. The van der Waals surface area contributed by atoms with E-state index >= 15 is 0 Å². The molecule has 0 N–H and O–H groups in total. The minimum Gasteiger partial charge on any atom is -0.309 e. The second-order valence-corrected chi connectivity index (χ2v) is 12.9. The van der Waals surface area contributed by atoms with Gasteiger partial charge in [0.15, 0.2) is 5.82 Å². The first-order valence-electron chi connectivity index (χ1n) is 17.2. The monoisotopic (exact) mass is 650 g/mol. The summed E-state index contributed by atoms with van der Waals surface area (Å²) in [7, 11) is 0. The van der Waals surface area contributed by atoms with Gasteiger partial charge in [-0.05, 0) is 69.1 Å². The van der Waals surface area contributed by atoms with E-state index in [1.807, 2.05) is 18.2 Å². The van der Waals surface area contributed by atoms with Crippen LogP contribution in [0.25, 0.3) is 94.1 Å². The van der Waals surface area contributed by atoms with Crippen molar-refractivity contribution in [1.82, 2.24) is 19.7 Å². The van der Waals surface area contributed by atoms with Crippen molar-refractivity contribution in [2.24, 2.45) is 0 Å². The van der Waals surface area contributed by atoms with E-state index in [1.54, 1.807) is 0 Å². The molecular weight excluding hydrogens is 621 g/mol. The minimum atomic E-state index is 0.588. The largest absolute Gasteiger partial charge is 0.309 e. The molecule has 0 aliphatic heterocycles. The zero-order valence-electron chi connectivity index (χ0n) is 27.6. The first-order chi connectivity index (χ1) is 25.3. The summed E-state index contributed by atoms with van der Waals surface area (Å²) in [5.74, 6) is 0.588.